The van der Waals surface area contributed by atoms with Crippen LogP contribution in [0.2, 0.25) is 0 Å². The van der Waals surface area contributed by atoms with Crippen molar-refractivity contribution in [3.63, 3.8) is 0 Å². The molecule has 2 saturated heterocycles. The van der Waals surface area contributed by atoms with Crippen molar-refractivity contribution in [2.24, 2.45) is 22.9 Å². The van der Waals surface area contributed by atoms with E-state index in [-0.39, 0.29) is 56.7 Å². The Hall–Kier alpha value is -8.56. The Bertz CT molecular complexity index is 2730. The van der Waals surface area contributed by atoms with Gasteiger partial charge in [-0.3, -0.25) is 67.1 Å². The third kappa shape index (κ3) is 24.3. The number of hydrogen-bond donors (Lipinski definition) is 16. The van der Waals surface area contributed by atoms with Crippen LogP contribution in [0.25, 0.3) is 0 Å². The molecule has 8 atom stereocenters. The molecule has 0 radical (unpaired) electrons. The summed E-state index contributed by atoms with van der Waals surface area (Å²) in [6, 6.07) is 1.11. The number of nitrogens with zero attached hydrogens (tertiary/aromatic N) is 1. The zero-order valence-electron chi connectivity index (χ0n) is 46.2. The molecule has 2 fully saturated rings. The number of hydrogen-bond acceptors (Lipinski definition) is 19. The van der Waals surface area contributed by atoms with E-state index in [0.29, 0.717) is 24.0 Å². The summed E-state index contributed by atoms with van der Waals surface area (Å²) in [5, 5.41) is 44.5. The SMILES string of the molecule is NCCCC[C@H](NC(=O)[C@@H]1CCCN1C(=O)[C@@H]1CSSC[C@H](NC(=O)CNC(=O)CNC(=O)CN)C(=O)N[C@@H](Cc2ccc(O)cc2)C(=O)N[C@@H](Cc2ccccc2)C(=O)N[C@@H](CCC(N)=O)C(=O)N[C@@H](CC(=O)O)C(=O)N1)C(=O)NCC(N)=O. The van der Waals surface area contributed by atoms with Crippen molar-refractivity contribution < 1.29 is 77.3 Å². The number of unbranched alkanes of at least 4 members (excludes halogenated alkanes) is 1. The second kappa shape index (κ2) is 35.5. The largest absolute Gasteiger partial charge is 0.508 e. The lowest BCUT2D eigenvalue weighted by Gasteiger charge is -2.31. The van der Waals surface area contributed by atoms with Crippen molar-refractivity contribution in [1.82, 2.24) is 58.1 Å². The Morgan fingerprint density at radius 1 is 0.647 bits per heavy atom. The first kappa shape index (κ1) is 68.9. The summed E-state index contributed by atoms with van der Waals surface area (Å²) >= 11 is 0. The van der Waals surface area contributed by atoms with Gasteiger partial charge in [-0.15, -0.1) is 0 Å². The van der Waals surface area contributed by atoms with Gasteiger partial charge in [0.15, 0.2) is 0 Å². The highest BCUT2D eigenvalue weighted by Crippen LogP contribution is 2.26. The van der Waals surface area contributed by atoms with Crippen molar-refractivity contribution >= 4 is 104 Å². The number of nitrogens with two attached hydrogens (primary N) is 4. The molecule has 4 rings (SSSR count). The Balaban J connectivity index is 1.81. The number of carboxylic acids is 1. The number of phenols is 1. The number of carboxylic acid groups (broad SMARTS) is 1. The molecule has 0 saturated carbocycles. The third-order valence-corrected chi connectivity index (χ3v) is 15.4. The van der Waals surface area contributed by atoms with E-state index >= 15 is 0 Å². The molecule has 13 amide bonds. The van der Waals surface area contributed by atoms with Gasteiger partial charge in [0.05, 0.1) is 32.6 Å². The van der Waals surface area contributed by atoms with Gasteiger partial charge in [0.2, 0.25) is 76.8 Å². The highest BCUT2D eigenvalue weighted by molar-refractivity contribution is 8.76. The van der Waals surface area contributed by atoms with Crippen LogP contribution in [-0.2, 0) is 80.0 Å². The maximum absolute atomic E-state index is 14.8. The van der Waals surface area contributed by atoms with E-state index in [9.17, 15) is 77.3 Å². The lowest BCUT2D eigenvalue weighted by Crippen LogP contribution is -2.61. The predicted octanol–water partition coefficient (Wildman–Crippen LogP) is -6.38. The number of primary amides is 2. The first-order valence-electron chi connectivity index (χ1n) is 27.0. The minimum Gasteiger partial charge on any atom is -0.508 e. The first-order chi connectivity index (χ1) is 40.5. The molecule has 0 aromatic heterocycles. The van der Waals surface area contributed by atoms with Crippen LogP contribution in [0.1, 0.15) is 62.5 Å². The topological polar surface area (TPSA) is 507 Å². The molecule has 464 valence electrons. The minimum absolute atomic E-state index is 0.0614. The zero-order chi connectivity index (χ0) is 62.6. The molecule has 0 aliphatic carbocycles. The summed E-state index contributed by atoms with van der Waals surface area (Å²) in [4.78, 5) is 189. The smallest absolute Gasteiger partial charge is 0.305 e. The van der Waals surface area contributed by atoms with Gasteiger partial charge in [-0.05, 0) is 68.3 Å². The molecule has 0 bridgehead atoms. The molecule has 2 heterocycles. The van der Waals surface area contributed by atoms with E-state index in [2.05, 4.69) is 53.2 Å². The van der Waals surface area contributed by atoms with E-state index in [1.165, 1.54) is 24.3 Å². The lowest BCUT2D eigenvalue weighted by atomic mass is 10.0. The molecular formula is C52H73N15O16S2. The number of benzene rings is 2. The standard InChI is InChI=1S/C52H73N15O16S2/c53-17-5-4-9-31(45(76)59-23-40(56)70)62-51(82)38-10-6-18-67(38)52(83)37-27-85-84-26-36(60-43(73)25-58-42(72)24-57-41(71)22-54)50(81)64-34(20-29-11-13-30(68)14-12-29)48(79)63-33(19-28-7-2-1-3-8-28)47(78)61-32(15-16-39(55)69)46(77)65-35(21-44(74)75)49(80)66-37/h1-3,7-8,11-14,31-38,68H,4-6,9-10,15-27,53-54H2,(H2,55,69)(H2,56,70)(H,57,71)(H,58,72)(H,59,76)(H,60,73)(H,61,78)(H,62,82)(H,63,79)(H,64,81)(H,65,77)(H,66,80)(H,74,75)/t31-,32-,33-,34-,35-,36-,37-,38-/m0/s1. The molecule has 2 aliphatic rings. The van der Waals surface area contributed by atoms with Gasteiger partial charge in [0.1, 0.15) is 54.1 Å². The first-order valence-corrected chi connectivity index (χ1v) is 29.4. The van der Waals surface area contributed by atoms with Crippen LogP contribution in [0.15, 0.2) is 54.6 Å². The van der Waals surface area contributed by atoms with Crippen LogP contribution in [0.3, 0.4) is 0 Å². The normalized spacial score (nSPS) is 21.2. The molecule has 85 heavy (non-hydrogen) atoms. The number of aromatic hydroxyl groups is 1. The number of amides is 13. The monoisotopic (exact) mass is 1230 g/mol. The molecule has 2 aromatic carbocycles. The van der Waals surface area contributed by atoms with Crippen LogP contribution in [0.4, 0.5) is 0 Å². The number of carbonyl (C=O) groups is 14. The molecule has 20 N–H and O–H groups in total. The van der Waals surface area contributed by atoms with Crippen LogP contribution < -0.4 is 76.1 Å². The summed E-state index contributed by atoms with van der Waals surface area (Å²) in [6.45, 7) is -2.07. The van der Waals surface area contributed by atoms with E-state index in [4.69, 9.17) is 22.9 Å². The summed E-state index contributed by atoms with van der Waals surface area (Å²) in [6.07, 6.45) is -1.49. The fraction of sp³-hybridized carbons (Fsp3) is 0.500. The molecule has 0 spiro atoms. The average Bonchev–Trinajstić information content (AvgIpc) is 4.23. The number of rotatable bonds is 25. The Kier molecular flexibility index (Phi) is 28.8. The highest BCUT2D eigenvalue weighted by atomic mass is 33.1. The maximum atomic E-state index is 14.8. The van der Waals surface area contributed by atoms with Gasteiger partial charge >= 0.3 is 5.97 Å². The molecule has 2 aliphatic heterocycles. The van der Waals surface area contributed by atoms with Crippen molar-refractivity contribution in [3.8, 4) is 5.75 Å². The second-order valence-electron chi connectivity index (χ2n) is 19.6. The highest BCUT2D eigenvalue weighted by Gasteiger charge is 2.41. The minimum atomic E-state index is -2.00. The van der Waals surface area contributed by atoms with Gasteiger partial charge < -0.3 is 91.2 Å². The van der Waals surface area contributed by atoms with E-state index < -0.39 is 182 Å². The Morgan fingerprint density at radius 3 is 1.85 bits per heavy atom. The number of aliphatic carboxylic acids is 1. The van der Waals surface area contributed by atoms with Crippen molar-refractivity contribution in [2.45, 2.75) is 113 Å². The van der Waals surface area contributed by atoms with E-state index in [1.807, 2.05) is 0 Å². The van der Waals surface area contributed by atoms with Crippen LogP contribution in [0, 0.1) is 0 Å². The molecular weight excluding hydrogens is 1150 g/mol. The van der Waals surface area contributed by atoms with Gasteiger partial charge in [-0.2, -0.15) is 0 Å². The Morgan fingerprint density at radius 2 is 1.22 bits per heavy atom. The number of nitrogens with one attached hydrogen (secondary N) is 10. The van der Waals surface area contributed by atoms with Crippen molar-refractivity contribution in [3.05, 3.63) is 65.7 Å². The molecule has 2 aromatic rings. The lowest BCUT2D eigenvalue weighted by molar-refractivity contribution is -0.143. The fourth-order valence-corrected chi connectivity index (χ4v) is 10.9. The fourth-order valence-electron chi connectivity index (χ4n) is 8.59. The van der Waals surface area contributed by atoms with Gasteiger partial charge in [0.25, 0.3) is 0 Å². The van der Waals surface area contributed by atoms with Gasteiger partial charge in [0, 0.05) is 37.3 Å². The average molecular weight is 1230 g/mol. The van der Waals surface area contributed by atoms with E-state index in [1.54, 1.807) is 30.3 Å². The Labute approximate surface area is 495 Å². The quantitative estimate of drug-likeness (QED) is 0.0325. The third-order valence-electron chi connectivity index (χ3n) is 13.0. The van der Waals surface area contributed by atoms with Crippen LogP contribution in [0.5, 0.6) is 5.75 Å². The van der Waals surface area contributed by atoms with Crippen LogP contribution >= 0.6 is 21.6 Å². The summed E-state index contributed by atoms with van der Waals surface area (Å²) < 4.78 is 0. The van der Waals surface area contributed by atoms with Gasteiger partial charge in [-0.1, -0.05) is 64.1 Å². The molecule has 33 heteroatoms. The molecule has 31 nitrogen and oxygen atoms in total. The van der Waals surface area contributed by atoms with Gasteiger partial charge in [-0.25, -0.2) is 0 Å². The van der Waals surface area contributed by atoms with Crippen molar-refractivity contribution in [2.75, 3.05) is 50.8 Å². The predicted molar refractivity (Wildman–Crippen MR) is 306 cm³/mol. The van der Waals surface area contributed by atoms with Crippen LogP contribution in [-0.4, -0.2) is 197 Å². The second-order valence-corrected chi connectivity index (χ2v) is 22.2. The zero-order valence-corrected chi connectivity index (χ0v) is 47.9. The maximum Gasteiger partial charge on any atom is 0.305 e. The molecule has 0 unspecified atom stereocenters. The number of carbonyl (C=O) groups excluding carboxylic acids is 13. The summed E-state index contributed by atoms with van der Waals surface area (Å²) in [5.74, 6) is -14.7. The van der Waals surface area contributed by atoms with E-state index in [0.717, 1.165) is 26.5 Å². The number of phenolic OH excluding ortho intramolecular Hbond substituents is 1. The summed E-state index contributed by atoms with van der Waals surface area (Å²) in [7, 11) is 1.69. The summed E-state index contributed by atoms with van der Waals surface area (Å²) in [5.41, 5.74) is 22.5. The number of likely N-dealkylation sites (tertiary alicyclic amines) is 1. The van der Waals surface area contributed by atoms with Crippen molar-refractivity contribution in [1.29, 1.82) is 0 Å².